The zero-order valence-electron chi connectivity index (χ0n) is 16.9. The van der Waals surface area contributed by atoms with Crippen molar-refractivity contribution in [2.45, 2.75) is 6.92 Å². The third-order valence-corrected chi connectivity index (χ3v) is 4.92. The van der Waals surface area contributed by atoms with Gasteiger partial charge >= 0.3 is 0 Å². The van der Waals surface area contributed by atoms with Gasteiger partial charge in [0.1, 0.15) is 5.82 Å². The van der Waals surface area contributed by atoms with Crippen LogP contribution in [-0.4, -0.2) is 66.2 Å². The molecular formula is C21H24N6O2. The van der Waals surface area contributed by atoms with Crippen molar-refractivity contribution in [1.82, 2.24) is 20.0 Å². The summed E-state index contributed by atoms with van der Waals surface area (Å²) in [6.45, 7) is 4.48. The molecule has 0 spiro atoms. The number of carbonyl (C=O) groups is 1. The van der Waals surface area contributed by atoms with Crippen molar-refractivity contribution in [3.05, 3.63) is 53.9 Å². The van der Waals surface area contributed by atoms with Crippen LogP contribution < -0.4 is 9.80 Å². The highest BCUT2D eigenvalue weighted by Gasteiger charge is 2.26. The molecule has 0 bridgehead atoms. The van der Waals surface area contributed by atoms with E-state index in [0.717, 1.165) is 17.1 Å². The Morgan fingerprint density at radius 1 is 1.03 bits per heavy atom. The van der Waals surface area contributed by atoms with Crippen molar-refractivity contribution in [2.24, 2.45) is 0 Å². The van der Waals surface area contributed by atoms with E-state index < -0.39 is 0 Å². The predicted molar refractivity (Wildman–Crippen MR) is 111 cm³/mol. The molecule has 0 aliphatic carbocycles. The summed E-state index contributed by atoms with van der Waals surface area (Å²) >= 11 is 0. The molecular weight excluding hydrogens is 368 g/mol. The average molecular weight is 392 g/mol. The van der Waals surface area contributed by atoms with E-state index in [0.29, 0.717) is 43.6 Å². The normalized spacial score (nSPS) is 14.2. The summed E-state index contributed by atoms with van der Waals surface area (Å²) in [4.78, 5) is 27.9. The van der Waals surface area contributed by atoms with Gasteiger partial charge in [0.2, 0.25) is 5.95 Å². The highest BCUT2D eigenvalue weighted by atomic mass is 16.5. The molecule has 1 fully saturated rings. The smallest absolute Gasteiger partial charge is 0.276 e. The molecule has 1 aromatic carbocycles. The van der Waals surface area contributed by atoms with E-state index in [2.05, 4.69) is 20.0 Å². The maximum absolute atomic E-state index is 12.8. The van der Waals surface area contributed by atoms with Gasteiger partial charge in [-0.2, -0.15) is 4.98 Å². The minimum absolute atomic E-state index is 0.116. The van der Waals surface area contributed by atoms with E-state index in [1.807, 2.05) is 62.3 Å². The fraction of sp³-hybridized carbons (Fsp3) is 0.333. The first-order valence-corrected chi connectivity index (χ1v) is 9.60. The first-order valence-electron chi connectivity index (χ1n) is 9.60. The molecule has 0 N–H and O–H groups in total. The number of amides is 1. The zero-order valence-corrected chi connectivity index (χ0v) is 16.9. The molecule has 3 heterocycles. The van der Waals surface area contributed by atoms with Crippen LogP contribution >= 0.6 is 0 Å². The number of carbonyl (C=O) groups excluding carboxylic acids is 1. The molecule has 8 heteroatoms. The second kappa shape index (κ2) is 7.90. The van der Waals surface area contributed by atoms with Crippen LogP contribution in [0.4, 0.5) is 11.8 Å². The summed E-state index contributed by atoms with van der Waals surface area (Å²) in [5.41, 5.74) is 2.16. The van der Waals surface area contributed by atoms with Gasteiger partial charge in [0.05, 0.1) is 0 Å². The Bertz CT molecular complexity index is 993. The molecule has 3 aromatic rings. The van der Waals surface area contributed by atoms with Crippen molar-refractivity contribution in [2.75, 3.05) is 50.1 Å². The highest BCUT2D eigenvalue weighted by molar-refractivity contribution is 5.93. The average Bonchev–Trinajstić information content (AvgIpc) is 3.24. The van der Waals surface area contributed by atoms with Crippen LogP contribution in [0.5, 0.6) is 0 Å². The Kier molecular flexibility index (Phi) is 5.16. The topological polar surface area (TPSA) is 78.6 Å². The highest BCUT2D eigenvalue weighted by Crippen LogP contribution is 2.22. The number of benzene rings is 1. The van der Waals surface area contributed by atoms with Gasteiger partial charge in [0.25, 0.3) is 5.91 Å². The molecule has 29 heavy (non-hydrogen) atoms. The summed E-state index contributed by atoms with van der Waals surface area (Å²) in [5, 5.41) is 3.98. The van der Waals surface area contributed by atoms with E-state index >= 15 is 0 Å². The number of hydrogen-bond acceptors (Lipinski definition) is 7. The molecule has 1 aliphatic heterocycles. The minimum Gasteiger partial charge on any atom is -0.363 e. The standard InChI is InChI=1S/C21H24N6O2/c1-15-13-19(25(2)3)23-21(22-15)27-11-9-26(10-12-27)20(28)17-14-18(29-24-17)16-7-5-4-6-8-16/h4-8,13-14H,9-12H2,1-3H3. The van der Waals surface area contributed by atoms with Crippen LogP contribution in [0.1, 0.15) is 16.2 Å². The van der Waals surface area contributed by atoms with E-state index in [-0.39, 0.29) is 5.91 Å². The number of anilines is 2. The first kappa shape index (κ1) is 18.9. The van der Waals surface area contributed by atoms with Gasteiger partial charge in [-0.25, -0.2) is 4.98 Å². The minimum atomic E-state index is -0.116. The molecule has 0 radical (unpaired) electrons. The Labute approximate surface area is 169 Å². The lowest BCUT2D eigenvalue weighted by molar-refractivity contribution is 0.0736. The molecule has 4 rings (SSSR count). The summed E-state index contributed by atoms with van der Waals surface area (Å²) < 4.78 is 5.37. The first-order chi connectivity index (χ1) is 14.0. The van der Waals surface area contributed by atoms with Gasteiger partial charge in [-0.1, -0.05) is 35.5 Å². The van der Waals surface area contributed by atoms with E-state index in [1.54, 1.807) is 11.0 Å². The van der Waals surface area contributed by atoms with Gasteiger partial charge in [-0.05, 0) is 6.92 Å². The molecule has 1 saturated heterocycles. The lowest BCUT2D eigenvalue weighted by Crippen LogP contribution is -2.49. The van der Waals surface area contributed by atoms with Gasteiger partial charge in [0, 0.05) is 63.7 Å². The zero-order chi connectivity index (χ0) is 20.4. The largest absolute Gasteiger partial charge is 0.363 e. The molecule has 1 aliphatic rings. The summed E-state index contributed by atoms with van der Waals surface area (Å²) in [6, 6.07) is 13.3. The lowest BCUT2D eigenvalue weighted by Gasteiger charge is -2.34. The van der Waals surface area contributed by atoms with Gasteiger partial charge in [-0.15, -0.1) is 0 Å². The predicted octanol–water partition coefficient (Wildman–Crippen LogP) is 2.47. The van der Waals surface area contributed by atoms with E-state index in [4.69, 9.17) is 4.52 Å². The summed E-state index contributed by atoms with van der Waals surface area (Å²) in [7, 11) is 3.92. The number of hydrogen-bond donors (Lipinski definition) is 0. The van der Waals surface area contributed by atoms with E-state index in [9.17, 15) is 4.79 Å². The Hall–Kier alpha value is -3.42. The Morgan fingerprint density at radius 2 is 1.76 bits per heavy atom. The molecule has 8 nitrogen and oxygen atoms in total. The van der Waals surface area contributed by atoms with Crippen LogP contribution in [0.25, 0.3) is 11.3 Å². The maximum atomic E-state index is 12.8. The monoisotopic (exact) mass is 392 g/mol. The van der Waals surface area contributed by atoms with Crippen molar-refractivity contribution in [1.29, 1.82) is 0 Å². The molecule has 1 amide bonds. The van der Waals surface area contributed by atoms with Crippen molar-refractivity contribution in [3.63, 3.8) is 0 Å². The molecule has 0 unspecified atom stereocenters. The van der Waals surface area contributed by atoms with Gasteiger partial charge < -0.3 is 19.2 Å². The molecule has 2 aromatic heterocycles. The molecule has 0 saturated carbocycles. The van der Waals surface area contributed by atoms with Crippen molar-refractivity contribution < 1.29 is 9.32 Å². The lowest BCUT2D eigenvalue weighted by atomic mass is 10.1. The molecule has 150 valence electrons. The number of piperazine rings is 1. The third kappa shape index (κ3) is 4.06. The molecule has 0 atom stereocenters. The summed E-state index contributed by atoms with van der Waals surface area (Å²) in [5.74, 6) is 2.06. The van der Waals surface area contributed by atoms with Crippen LogP contribution in [0, 0.1) is 6.92 Å². The Morgan fingerprint density at radius 3 is 2.45 bits per heavy atom. The number of rotatable bonds is 4. The van der Waals surface area contributed by atoms with Gasteiger partial charge in [0.15, 0.2) is 11.5 Å². The van der Waals surface area contributed by atoms with Crippen LogP contribution in [-0.2, 0) is 0 Å². The fourth-order valence-corrected chi connectivity index (χ4v) is 3.29. The fourth-order valence-electron chi connectivity index (χ4n) is 3.29. The van der Waals surface area contributed by atoms with Crippen molar-refractivity contribution >= 4 is 17.7 Å². The number of aryl methyl sites for hydroxylation is 1. The third-order valence-electron chi connectivity index (χ3n) is 4.92. The quantitative estimate of drug-likeness (QED) is 0.675. The number of nitrogens with zero attached hydrogens (tertiary/aromatic N) is 6. The maximum Gasteiger partial charge on any atom is 0.276 e. The Balaban J connectivity index is 1.42. The second-order valence-electron chi connectivity index (χ2n) is 7.28. The SMILES string of the molecule is Cc1cc(N(C)C)nc(N2CCN(C(=O)c3cc(-c4ccccc4)on3)CC2)n1. The summed E-state index contributed by atoms with van der Waals surface area (Å²) in [6.07, 6.45) is 0. The van der Waals surface area contributed by atoms with Crippen LogP contribution in [0.3, 0.4) is 0 Å². The van der Waals surface area contributed by atoms with E-state index in [1.165, 1.54) is 0 Å². The van der Waals surface area contributed by atoms with Crippen LogP contribution in [0.15, 0.2) is 47.0 Å². The van der Waals surface area contributed by atoms with Gasteiger partial charge in [-0.3, -0.25) is 4.79 Å². The second-order valence-corrected chi connectivity index (χ2v) is 7.28. The van der Waals surface area contributed by atoms with Crippen LogP contribution in [0.2, 0.25) is 0 Å². The van der Waals surface area contributed by atoms with Crippen molar-refractivity contribution in [3.8, 4) is 11.3 Å². The number of aromatic nitrogens is 3.